The van der Waals surface area contributed by atoms with Crippen molar-refractivity contribution in [1.29, 1.82) is 0 Å². The molecule has 3 fully saturated rings. The van der Waals surface area contributed by atoms with Crippen LogP contribution in [0.1, 0.15) is 47.2 Å². The number of carbonyl (C=O) groups excluding carboxylic acids is 4. The molecule has 0 aromatic heterocycles. The molecule has 4 aliphatic rings. The monoisotopic (exact) mass is 425 g/mol. The van der Waals surface area contributed by atoms with E-state index in [9.17, 15) is 19.2 Å². The summed E-state index contributed by atoms with van der Waals surface area (Å²) in [5, 5.41) is 8.95. The summed E-state index contributed by atoms with van der Waals surface area (Å²) in [7, 11) is 0. The van der Waals surface area contributed by atoms with Gasteiger partial charge in [0, 0.05) is 57.2 Å². The van der Waals surface area contributed by atoms with Crippen molar-refractivity contribution in [2.45, 2.75) is 56.9 Å². The van der Waals surface area contributed by atoms with Crippen molar-refractivity contribution >= 4 is 23.6 Å². The number of imide groups is 1. The van der Waals surface area contributed by atoms with Crippen molar-refractivity contribution < 1.29 is 19.2 Å². The van der Waals surface area contributed by atoms with Gasteiger partial charge in [-0.05, 0) is 30.0 Å². The Labute approximate surface area is 180 Å². The van der Waals surface area contributed by atoms with E-state index in [1.807, 2.05) is 12.1 Å². The van der Waals surface area contributed by atoms with E-state index < -0.39 is 6.04 Å². The zero-order chi connectivity index (χ0) is 21.5. The Balaban J connectivity index is 1.26. The van der Waals surface area contributed by atoms with Gasteiger partial charge in [0.1, 0.15) is 6.04 Å². The van der Waals surface area contributed by atoms with Gasteiger partial charge in [-0.3, -0.25) is 29.4 Å². The van der Waals surface area contributed by atoms with Crippen molar-refractivity contribution in [3.63, 3.8) is 0 Å². The number of nitrogens with one attached hydrogen (secondary N) is 3. The van der Waals surface area contributed by atoms with E-state index in [0.717, 1.165) is 43.7 Å². The topological polar surface area (TPSA) is 111 Å². The fourth-order valence-electron chi connectivity index (χ4n) is 5.19. The molecule has 31 heavy (non-hydrogen) atoms. The molecule has 0 saturated carbocycles. The fraction of sp³-hybridized carbons (Fsp3) is 0.545. The van der Waals surface area contributed by atoms with E-state index in [-0.39, 0.29) is 36.1 Å². The van der Waals surface area contributed by atoms with Crippen LogP contribution in [0.3, 0.4) is 0 Å². The van der Waals surface area contributed by atoms with Crippen LogP contribution in [0.25, 0.3) is 0 Å². The largest absolute Gasteiger partial charge is 0.350 e. The molecule has 9 heteroatoms. The summed E-state index contributed by atoms with van der Waals surface area (Å²) in [4.78, 5) is 52.3. The van der Waals surface area contributed by atoms with Gasteiger partial charge in [-0.15, -0.1) is 0 Å². The van der Waals surface area contributed by atoms with E-state index in [0.29, 0.717) is 31.0 Å². The van der Waals surface area contributed by atoms with Crippen molar-refractivity contribution in [2.24, 2.45) is 0 Å². The van der Waals surface area contributed by atoms with Gasteiger partial charge in [-0.1, -0.05) is 12.1 Å². The predicted octanol–water partition coefficient (Wildman–Crippen LogP) is -0.500. The molecule has 3 atom stereocenters. The number of piperidine rings is 2. The molecular weight excluding hydrogens is 398 g/mol. The molecule has 164 valence electrons. The summed E-state index contributed by atoms with van der Waals surface area (Å²) >= 11 is 0. The number of rotatable bonds is 3. The van der Waals surface area contributed by atoms with Crippen LogP contribution in [0.4, 0.5) is 0 Å². The minimum absolute atomic E-state index is 0.103. The first-order chi connectivity index (χ1) is 15.0. The highest BCUT2D eigenvalue weighted by molar-refractivity contribution is 6.05. The molecule has 1 aromatic rings. The molecule has 4 heterocycles. The number of amides is 4. The fourth-order valence-corrected chi connectivity index (χ4v) is 5.19. The highest BCUT2D eigenvalue weighted by Gasteiger charge is 2.39. The van der Waals surface area contributed by atoms with Gasteiger partial charge >= 0.3 is 0 Å². The molecule has 1 aromatic carbocycles. The summed E-state index contributed by atoms with van der Waals surface area (Å²) in [6, 6.07) is 5.72. The van der Waals surface area contributed by atoms with Crippen LogP contribution in [0, 0.1) is 0 Å². The van der Waals surface area contributed by atoms with Gasteiger partial charge in [-0.25, -0.2) is 0 Å². The second kappa shape index (κ2) is 8.05. The third kappa shape index (κ3) is 3.95. The molecule has 3 saturated heterocycles. The average molecular weight is 425 g/mol. The third-order valence-electron chi connectivity index (χ3n) is 6.80. The third-order valence-corrected chi connectivity index (χ3v) is 6.80. The van der Waals surface area contributed by atoms with Crippen molar-refractivity contribution in [3.05, 3.63) is 34.9 Å². The van der Waals surface area contributed by atoms with Crippen LogP contribution in [0.5, 0.6) is 0 Å². The first kappa shape index (κ1) is 20.1. The van der Waals surface area contributed by atoms with E-state index >= 15 is 0 Å². The Morgan fingerprint density at radius 2 is 1.87 bits per heavy atom. The minimum atomic E-state index is -0.591. The quantitative estimate of drug-likeness (QED) is 0.563. The van der Waals surface area contributed by atoms with Crippen molar-refractivity contribution in [2.75, 3.05) is 19.6 Å². The SMILES string of the molecule is O=C1CCC(N2Cc3cc(CN4CC[C@@H]5NCCC(=O)N[C@@H]5C4)ccc3C2=O)C(=O)N1. The second-order valence-electron chi connectivity index (χ2n) is 8.90. The van der Waals surface area contributed by atoms with Crippen LogP contribution in [0.15, 0.2) is 18.2 Å². The molecular formula is C22H27N5O4. The number of hydrogen-bond acceptors (Lipinski definition) is 6. The number of benzene rings is 1. The Bertz CT molecular complexity index is 948. The number of hydrogen-bond donors (Lipinski definition) is 3. The van der Waals surface area contributed by atoms with E-state index in [1.54, 1.807) is 4.90 Å². The van der Waals surface area contributed by atoms with Gasteiger partial charge in [0.25, 0.3) is 5.91 Å². The van der Waals surface area contributed by atoms with Gasteiger partial charge in [-0.2, -0.15) is 0 Å². The Morgan fingerprint density at radius 1 is 1.00 bits per heavy atom. The number of carbonyl (C=O) groups is 4. The summed E-state index contributed by atoms with van der Waals surface area (Å²) in [6.07, 6.45) is 2.13. The summed E-state index contributed by atoms with van der Waals surface area (Å²) in [5.41, 5.74) is 2.67. The van der Waals surface area contributed by atoms with Crippen LogP contribution < -0.4 is 16.0 Å². The van der Waals surface area contributed by atoms with Gasteiger partial charge in [0.2, 0.25) is 17.7 Å². The second-order valence-corrected chi connectivity index (χ2v) is 8.90. The Kier molecular flexibility index (Phi) is 5.23. The van der Waals surface area contributed by atoms with Crippen LogP contribution in [-0.2, 0) is 27.5 Å². The molecule has 0 radical (unpaired) electrons. The van der Waals surface area contributed by atoms with Crippen LogP contribution in [-0.4, -0.2) is 71.2 Å². The number of nitrogens with zero attached hydrogens (tertiary/aromatic N) is 2. The van der Waals surface area contributed by atoms with Crippen molar-refractivity contribution in [1.82, 2.24) is 25.8 Å². The van der Waals surface area contributed by atoms with E-state index in [2.05, 4.69) is 26.9 Å². The molecule has 0 bridgehead atoms. The number of fused-ring (bicyclic) bond motifs is 2. The molecule has 4 amide bonds. The smallest absolute Gasteiger partial charge is 0.255 e. The highest BCUT2D eigenvalue weighted by atomic mass is 16.2. The lowest BCUT2D eigenvalue weighted by molar-refractivity contribution is -0.137. The Morgan fingerprint density at radius 3 is 2.71 bits per heavy atom. The standard InChI is InChI=1S/C22H27N5O4/c28-19-4-3-18(21(30)25-19)27-11-14-9-13(1-2-15(14)22(27)31)10-26-8-6-16-17(12-26)24-20(29)5-7-23-16/h1-2,9,16-18,23H,3-8,10-12H2,(H,24,29)(H,25,28,30)/t16-,17+,18?/m0/s1. The van der Waals surface area contributed by atoms with Crippen LogP contribution in [0.2, 0.25) is 0 Å². The molecule has 5 rings (SSSR count). The molecule has 3 N–H and O–H groups in total. The number of likely N-dealkylation sites (tertiary alicyclic amines) is 1. The lowest BCUT2D eigenvalue weighted by Crippen LogP contribution is -2.57. The normalized spacial score (nSPS) is 29.2. The predicted molar refractivity (Wildman–Crippen MR) is 111 cm³/mol. The molecule has 1 unspecified atom stereocenters. The molecule has 9 nitrogen and oxygen atoms in total. The zero-order valence-corrected chi connectivity index (χ0v) is 17.4. The lowest BCUT2D eigenvalue weighted by atomic mass is 9.98. The highest BCUT2D eigenvalue weighted by Crippen LogP contribution is 2.29. The summed E-state index contributed by atoms with van der Waals surface area (Å²) in [6.45, 7) is 3.61. The summed E-state index contributed by atoms with van der Waals surface area (Å²) < 4.78 is 0. The average Bonchev–Trinajstić information content (AvgIpc) is 2.93. The molecule has 4 aliphatic heterocycles. The van der Waals surface area contributed by atoms with E-state index in [4.69, 9.17) is 0 Å². The first-order valence-corrected chi connectivity index (χ1v) is 11.0. The maximum Gasteiger partial charge on any atom is 0.255 e. The Hall–Kier alpha value is -2.78. The van der Waals surface area contributed by atoms with Crippen molar-refractivity contribution in [3.8, 4) is 0 Å². The zero-order valence-electron chi connectivity index (χ0n) is 17.4. The lowest BCUT2D eigenvalue weighted by Gasteiger charge is -2.38. The summed E-state index contributed by atoms with van der Waals surface area (Å²) in [5.74, 6) is -0.716. The minimum Gasteiger partial charge on any atom is -0.350 e. The first-order valence-electron chi connectivity index (χ1n) is 11.0. The maximum absolute atomic E-state index is 12.8. The van der Waals surface area contributed by atoms with Gasteiger partial charge < -0.3 is 15.5 Å². The molecule has 0 spiro atoms. The van der Waals surface area contributed by atoms with Gasteiger partial charge in [0.15, 0.2) is 0 Å². The van der Waals surface area contributed by atoms with Gasteiger partial charge in [0.05, 0.1) is 6.04 Å². The molecule has 0 aliphatic carbocycles. The van der Waals surface area contributed by atoms with Crippen LogP contribution >= 0.6 is 0 Å². The maximum atomic E-state index is 12.8. The van der Waals surface area contributed by atoms with E-state index in [1.165, 1.54) is 0 Å².